The van der Waals surface area contributed by atoms with Gasteiger partial charge in [-0.3, -0.25) is 0 Å². The summed E-state index contributed by atoms with van der Waals surface area (Å²) in [7, 11) is 1.57. The van der Waals surface area contributed by atoms with E-state index in [4.69, 9.17) is 16.3 Å². The van der Waals surface area contributed by atoms with Crippen LogP contribution in [-0.2, 0) is 4.74 Å². The van der Waals surface area contributed by atoms with Crippen LogP contribution in [0.15, 0.2) is 6.20 Å². The summed E-state index contributed by atoms with van der Waals surface area (Å²) in [6.07, 6.45) is 1.02. The van der Waals surface area contributed by atoms with Crippen molar-refractivity contribution in [3.63, 3.8) is 0 Å². The number of rotatable bonds is 4. The second-order valence-corrected chi connectivity index (χ2v) is 3.17. The van der Waals surface area contributed by atoms with Gasteiger partial charge in [-0.1, -0.05) is 0 Å². The molecule has 14 heavy (non-hydrogen) atoms. The lowest BCUT2D eigenvalue weighted by Crippen LogP contribution is -2.22. The fraction of sp³-hybridized carbons (Fsp3) is 0.500. The number of hydrogen-bond donors (Lipinski definition) is 1. The minimum atomic E-state index is -0.530. The molecule has 0 aliphatic rings. The average Bonchev–Trinajstić information content (AvgIpc) is 2.12. The minimum absolute atomic E-state index is 0.0125. The summed E-state index contributed by atoms with van der Waals surface area (Å²) < 4.78 is 18.0. The Kier molecular flexibility index (Phi) is 4.03. The highest BCUT2D eigenvalue weighted by Gasteiger charge is 2.08. The molecule has 4 nitrogen and oxygen atoms in total. The van der Waals surface area contributed by atoms with Crippen LogP contribution in [0.25, 0.3) is 0 Å². The topological polar surface area (TPSA) is 47.0 Å². The van der Waals surface area contributed by atoms with Gasteiger partial charge in [-0.05, 0) is 18.5 Å². The Labute approximate surface area is 86.5 Å². The summed E-state index contributed by atoms with van der Waals surface area (Å²) in [6, 6.07) is -0.0412. The van der Waals surface area contributed by atoms with Crippen LogP contribution < -0.4 is 5.32 Å². The average molecular weight is 220 g/mol. The molecule has 0 spiro atoms. The van der Waals surface area contributed by atoms with E-state index in [1.54, 1.807) is 7.11 Å². The monoisotopic (exact) mass is 219 g/mol. The summed E-state index contributed by atoms with van der Waals surface area (Å²) in [5.41, 5.74) is 0. The summed E-state index contributed by atoms with van der Waals surface area (Å²) in [6.45, 7) is 2.31. The first-order valence-electron chi connectivity index (χ1n) is 4.07. The van der Waals surface area contributed by atoms with E-state index in [9.17, 15) is 4.39 Å². The van der Waals surface area contributed by atoms with Gasteiger partial charge in [-0.2, -0.15) is 4.98 Å². The fourth-order valence-corrected chi connectivity index (χ4v) is 1.11. The third kappa shape index (κ3) is 3.08. The van der Waals surface area contributed by atoms with Crippen molar-refractivity contribution in [2.45, 2.75) is 13.0 Å². The van der Waals surface area contributed by atoms with Gasteiger partial charge in [0.1, 0.15) is 0 Å². The molecule has 0 aliphatic heterocycles. The van der Waals surface area contributed by atoms with Crippen LogP contribution in [-0.4, -0.2) is 29.7 Å². The van der Waals surface area contributed by atoms with Crippen molar-refractivity contribution in [3.05, 3.63) is 17.3 Å². The van der Waals surface area contributed by atoms with E-state index in [-0.39, 0.29) is 17.1 Å². The lowest BCUT2D eigenvalue weighted by Gasteiger charge is -2.13. The zero-order valence-corrected chi connectivity index (χ0v) is 8.68. The Morgan fingerprint density at radius 2 is 2.43 bits per heavy atom. The first-order chi connectivity index (χ1) is 6.63. The molecular weight excluding hydrogens is 209 g/mol. The van der Waals surface area contributed by atoms with Gasteiger partial charge in [0.15, 0.2) is 11.6 Å². The molecule has 1 aromatic rings. The van der Waals surface area contributed by atoms with E-state index < -0.39 is 5.82 Å². The van der Waals surface area contributed by atoms with Crippen LogP contribution in [0.5, 0.6) is 0 Å². The van der Waals surface area contributed by atoms with Gasteiger partial charge >= 0.3 is 0 Å². The molecule has 6 heteroatoms. The molecule has 0 fully saturated rings. The second kappa shape index (κ2) is 5.07. The van der Waals surface area contributed by atoms with Crippen LogP contribution in [0.3, 0.4) is 0 Å². The summed E-state index contributed by atoms with van der Waals surface area (Å²) in [5, 5.41) is 2.83. The molecule has 1 aromatic heterocycles. The lowest BCUT2D eigenvalue weighted by molar-refractivity contribution is 0.190. The predicted octanol–water partition coefficient (Wildman–Crippen LogP) is 1.72. The van der Waals surface area contributed by atoms with Crippen LogP contribution in [0.1, 0.15) is 6.92 Å². The molecule has 1 unspecified atom stereocenters. The zero-order chi connectivity index (χ0) is 10.6. The summed E-state index contributed by atoms with van der Waals surface area (Å²) in [5.74, 6) is -0.438. The second-order valence-electron chi connectivity index (χ2n) is 2.84. The summed E-state index contributed by atoms with van der Waals surface area (Å²) in [4.78, 5) is 7.21. The number of aromatic nitrogens is 2. The third-order valence-electron chi connectivity index (χ3n) is 1.51. The number of anilines is 1. The van der Waals surface area contributed by atoms with Crippen LogP contribution >= 0.6 is 11.6 Å². The molecular formula is C8H11ClFN3O. The Bertz CT molecular complexity index is 311. The standard InChI is InChI=1S/C8H11ClFN3O/c1-5(4-14-2)12-7-6(10)3-11-8(9)13-7/h3,5H,4H2,1-2H3,(H,11,12,13). The molecule has 78 valence electrons. The van der Waals surface area contributed by atoms with Gasteiger partial charge in [-0.15, -0.1) is 0 Å². The van der Waals surface area contributed by atoms with E-state index in [1.165, 1.54) is 0 Å². The van der Waals surface area contributed by atoms with E-state index in [1.807, 2.05) is 6.92 Å². The normalized spacial score (nSPS) is 12.6. The molecule has 0 radical (unpaired) electrons. The van der Waals surface area contributed by atoms with E-state index in [0.29, 0.717) is 6.61 Å². The Balaban J connectivity index is 2.70. The first kappa shape index (κ1) is 11.1. The molecule has 0 aliphatic carbocycles. The van der Waals surface area contributed by atoms with Crippen molar-refractivity contribution >= 4 is 17.4 Å². The van der Waals surface area contributed by atoms with Crippen molar-refractivity contribution in [1.82, 2.24) is 9.97 Å². The van der Waals surface area contributed by atoms with Crippen molar-refractivity contribution in [1.29, 1.82) is 0 Å². The Morgan fingerprint density at radius 1 is 1.71 bits per heavy atom. The molecule has 1 atom stereocenters. The number of halogens is 2. The van der Waals surface area contributed by atoms with Gasteiger partial charge in [-0.25, -0.2) is 9.37 Å². The van der Waals surface area contributed by atoms with Crippen molar-refractivity contribution < 1.29 is 9.13 Å². The summed E-state index contributed by atoms with van der Waals surface area (Å²) >= 11 is 5.52. The van der Waals surface area contributed by atoms with Gasteiger partial charge in [0.25, 0.3) is 0 Å². The number of nitrogens with zero attached hydrogens (tertiary/aromatic N) is 2. The predicted molar refractivity (Wildman–Crippen MR) is 52.0 cm³/mol. The van der Waals surface area contributed by atoms with Crippen molar-refractivity contribution in [2.75, 3.05) is 19.0 Å². The quantitative estimate of drug-likeness (QED) is 0.784. The molecule has 0 aromatic carbocycles. The van der Waals surface area contributed by atoms with E-state index in [2.05, 4.69) is 15.3 Å². The van der Waals surface area contributed by atoms with Crippen molar-refractivity contribution in [2.24, 2.45) is 0 Å². The number of ether oxygens (including phenoxy) is 1. The van der Waals surface area contributed by atoms with Crippen LogP contribution in [0.4, 0.5) is 10.2 Å². The highest BCUT2D eigenvalue weighted by molar-refractivity contribution is 6.28. The highest BCUT2D eigenvalue weighted by Crippen LogP contribution is 2.12. The Hall–Kier alpha value is -0.940. The molecule has 0 amide bonds. The molecule has 0 saturated heterocycles. The zero-order valence-electron chi connectivity index (χ0n) is 7.92. The first-order valence-corrected chi connectivity index (χ1v) is 4.44. The van der Waals surface area contributed by atoms with Gasteiger partial charge in [0.05, 0.1) is 12.8 Å². The molecule has 0 saturated carbocycles. The molecule has 1 N–H and O–H groups in total. The lowest BCUT2D eigenvalue weighted by atomic mass is 10.3. The largest absolute Gasteiger partial charge is 0.383 e. The van der Waals surface area contributed by atoms with Gasteiger partial charge < -0.3 is 10.1 Å². The number of methoxy groups -OCH3 is 1. The SMILES string of the molecule is COCC(C)Nc1nc(Cl)ncc1F. The van der Waals surface area contributed by atoms with E-state index >= 15 is 0 Å². The van der Waals surface area contributed by atoms with Crippen LogP contribution in [0, 0.1) is 5.82 Å². The Morgan fingerprint density at radius 3 is 3.07 bits per heavy atom. The maximum atomic E-state index is 13.1. The highest BCUT2D eigenvalue weighted by atomic mass is 35.5. The third-order valence-corrected chi connectivity index (χ3v) is 1.70. The van der Waals surface area contributed by atoms with Gasteiger partial charge in [0.2, 0.25) is 5.28 Å². The smallest absolute Gasteiger partial charge is 0.224 e. The molecule has 1 rings (SSSR count). The number of nitrogens with one attached hydrogen (secondary N) is 1. The number of hydrogen-bond acceptors (Lipinski definition) is 4. The molecule has 1 heterocycles. The fourth-order valence-electron chi connectivity index (χ4n) is 0.972. The maximum absolute atomic E-state index is 13.1. The van der Waals surface area contributed by atoms with Crippen molar-refractivity contribution in [3.8, 4) is 0 Å². The van der Waals surface area contributed by atoms with Crippen LogP contribution in [0.2, 0.25) is 5.28 Å². The minimum Gasteiger partial charge on any atom is -0.383 e. The van der Waals surface area contributed by atoms with Gasteiger partial charge in [0, 0.05) is 13.2 Å². The molecule has 0 bridgehead atoms. The van der Waals surface area contributed by atoms with E-state index in [0.717, 1.165) is 6.20 Å². The maximum Gasteiger partial charge on any atom is 0.224 e.